The summed E-state index contributed by atoms with van der Waals surface area (Å²) in [5.41, 5.74) is 7.49. The van der Waals surface area contributed by atoms with Crippen LogP contribution in [-0.4, -0.2) is 0 Å². The van der Waals surface area contributed by atoms with E-state index in [-0.39, 0.29) is 10.8 Å². The first-order valence-electron chi connectivity index (χ1n) is 8.07. The zero-order valence-corrected chi connectivity index (χ0v) is 14.5. The van der Waals surface area contributed by atoms with Crippen LogP contribution < -0.4 is 0 Å². The molecule has 21 heavy (non-hydrogen) atoms. The molecular formula is C21H28. The standard InChI is InChI=1S/C19H22.C2H6/c1-18(2,3)13-10-11-15-14-8-6-7-9-16(14)19(4,5)17(15)12-13;1-2/h6-12H,1-5H3;1-2H3. The van der Waals surface area contributed by atoms with Crippen LogP contribution in [0.1, 0.15) is 65.2 Å². The molecule has 0 atom stereocenters. The molecule has 0 radical (unpaired) electrons. The molecule has 2 aromatic rings. The quantitative estimate of drug-likeness (QED) is 0.530. The summed E-state index contributed by atoms with van der Waals surface area (Å²) >= 11 is 0. The van der Waals surface area contributed by atoms with Gasteiger partial charge in [-0.25, -0.2) is 0 Å². The molecule has 0 amide bonds. The van der Waals surface area contributed by atoms with Crippen molar-refractivity contribution in [1.82, 2.24) is 0 Å². The molecule has 2 aromatic carbocycles. The first kappa shape index (κ1) is 15.8. The van der Waals surface area contributed by atoms with Crippen LogP contribution in [0.4, 0.5) is 0 Å². The molecule has 1 aliphatic rings. The number of fused-ring (bicyclic) bond motifs is 3. The van der Waals surface area contributed by atoms with Gasteiger partial charge in [0.05, 0.1) is 0 Å². The van der Waals surface area contributed by atoms with Gasteiger partial charge in [-0.15, -0.1) is 0 Å². The van der Waals surface area contributed by atoms with Gasteiger partial charge in [-0.2, -0.15) is 0 Å². The summed E-state index contributed by atoms with van der Waals surface area (Å²) in [6.45, 7) is 15.5. The van der Waals surface area contributed by atoms with Crippen molar-refractivity contribution in [2.75, 3.05) is 0 Å². The number of benzene rings is 2. The van der Waals surface area contributed by atoms with Gasteiger partial charge in [-0.1, -0.05) is 90.9 Å². The van der Waals surface area contributed by atoms with Gasteiger partial charge in [0.1, 0.15) is 0 Å². The van der Waals surface area contributed by atoms with E-state index < -0.39 is 0 Å². The van der Waals surface area contributed by atoms with E-state index in [1.165, 1.54) is 27.8 Å². The second-order valence-corrected chi connectivity index (χ2v) is 7.18. The van der Waals surface area contributed by atoms with Crippen molar-refractivity contribution >= 4 is 0 Å². The molecule has 0 bridgehead atoms. The zero-order chi connectivity index (χ0) is 15.8. The van der Waals surface area contributed by atoms with Gasteiger partial charge < -0.3 is 0 Å². The fourth-order valence-electron chi connectivity index (χ4n) is 3.17. The third kappa shape index (κ3) is 2.52. The van der Waals surface area contributed by atoms with Crippen LogP contribution >= 0.6 is 0 Å². The summed E-state index contributed by atoms with van der Waals surface area (Å²) in [6, 6.07) is 15.8. The van der Waals surface area contributed by atoms with Gasteiger partial charge in [-0.3, -0.25) is 0 Å². The van der Waals surface area contributed by atoms with Crippen LogP contribution in [0.3, 0.4) is 0 Å². The van der Waals surface area contributed by atoms with Gasteiger partial charge >= 0.3 is 0 Å². The van der Waals surface area contributed by atoms with E-state index in [0.29, 0.717) is 0 Å². The SMILES string of the molecule is CC.CC(C)(C)c1ccc2c(c1)C(C)(C)c1ccccc1-2. The molecule has 3 rings (SSSR count). The maximum absolute atomic E-state index is 2.41. The minimum Gasteiger partial charge on any atom is -0.0683 e. The molecule has 0 fully saturated rings. The molecule has 0 saturated heterocycles. The number of rotatable bonds is 0. The van der Waals surface area contributed by atoms with Crippen LogP contribution in [0.25, 0.3) is 11.1 Å². The highest BCUT2D eigenvalue weighted by Gasteiger charge is 2.35. The molecular weight excluding hydrogens is 252 g/mol. The van der Waals surface area contributed by atoms with Gasteiger partial charge in [0.15, 0.2) is 0 Å². The Balaban J connectivity index is 0.000000774. The normalized spacial score (nSPS) is 14.8. The molecule has 0 unspecified atom stereocenters. The molecule has 0 N–H and O–H groups in total. The monoisotopic (exact) mass is 280 g/mol. The molecule has 0 heteroatoms. The van der Waals surface area contributed by atoms with Gasteiger partial charge in [0.2, 0.25) is 0 Å². The van der Waals surface area contributed by atoms with E-state index in [1.807, 2.05) is 13.8 Å². The Morgan fingerprint density at radius 1 is 0.762 bits per heavy atom. The Kier molecular flexibility index (Phi) is 4.02. The molecule has 1 aliphatic carbocycles. The maximum Gasteiger partial charge on any atom is 0.0158 e. The summed E-state index contributed by atoms with van der Waals surface area (Å²) in [5, 5.41) is 0. The fourth-order valence-corrected chi connectivity index (χ4v) is 3.17. The Morgan fingerprint density at radius 2 is 1.33 bits per heavy atom. The maximum atomic E-state index is 2.41. The van der Waals surface area contributed by atoms with E-state index in [2.05, 4.69) is 77.1 Å². The lowest BCUT2D eigenvalue weighted by atomic mass is 9.79. The fraction of sp³-hybridized carbons (Fsp3) is 0.429. The lowest BCUT2D eigenvalue weighted by Gasteiger charge is -2.25. The molecule has 0 saturated carbocycles. The lowest BCUT2D eigenvalue weighted by molar-refractivity contribution is 0.584. The Hall–Kier alpha value is -1.56. The number of hydrogen-bond acceptors (Lipinski definition) is 0. The van der Waals surface area contributed by atoms with Gasteiger partial charge in [0, 0.05) is 5.41 Å². The minimum absolute atomic E-state index is 0.118. The summed E-state index contributed by atoms with van der Waals surface area (Å²) in [7, 11) is 0. The summed E-state index contributed by atoms with van der Waals surface area (Å²) in [4.78, 5) is 0. The first-order valence-corrected chi connectivity index (χ1v) is 8.07. The molecule has 0 nitrogen and oxygen atoms in total. The predicted molar refractivity (Wildman–Crippen MR) is 94.1 cm³/mol. The molecule has 0 aliphatic heterocycles. The Morgan fingerprint density at radius 3 is 1.95 bits per heavy atom. The summed E-state index contributed by atoms with van der Waals surface area (Å²) in [5.74, 6) is 0. The highest BCUT2D eigenvalue weighted by molar-refractivity contribution is 5.80. The molecule has 112 valence electrons. The lowest BCUT2D eigenvalue weighted by Crippen LogP contribution is -2.17. The smallest absolute Gasteiger partial charge is 0.0158 e. The van der Waals surface area contributed by atoms with Crippen molar-refractivity contribution in [2.45, 2.75) is 59.3 Å². The van der Waals surface area contributed by atoms with Crippen molar-refractivity contribution in [3.8, 4) is 11.1 Å². The van der Waals surface area contributed by atoms with Crippen molar-refractivity contribution in [3.63, 3.8) is 0 Å². The van der Waals surface area contributed by atoms with Crippen molar-refractivity contribution in [3.05, 3.63) is 59.2 Å². The number of hydrogen-bond donors (Lipinski definition) is 0. The van der Waals surface area contributed by atoms with Gasteiger partial charge in [-0.05, 0) is 33.2 Å². The molecule has 0 aromatic heterocycles. The Bertz CT molecular complexity index is 639. The van der Waals surface area contributed by atoms with E-state index in [9.17, 15) is 0 Å². The van der Waals surface area contributed by atoms with E-state index >= 15 is 0 Å². The van der Waals surface area contributed by atoms with Crippen molar-refractivity contribution < 1.29 is 0 Å². The summed E-state index contributed by atoms with van der Waals surface area (Å²) < 4.78 is 0. The Labute approximate surface area is 130 Å². The first-order chi connectivity index (χ1) is 9.82. The van der Waals surface area contributed by atoms with Crippen molar-refractivity contribution in [1.29, 1.82) is 0 Å². The van der Waals surface area contributed by atoms with Crippen LogP contribution in [0.15, 0.2) is 42.5 Å². The summed E-state index contributed by atoms with van der Waals surface area (Å²) in [6.07, 6.45) is 0. The van der Waals surface area contributed by atoms with E-state index in [0.717, 1.165) is 0 Å². The van der Waals surface area contributed by atoms with Crippen LogP contribution in [0, 0.1) is 0 Å². The largest absolute Gasteiger partial charge is 0.0683 e. The van der Waals surface area contributed by atoms with E-state index in [1.54, 1.807) is 0 Å². The van der Waals surface area contributed by atoms with Gasteiger partial charge in [0.25, 0.3) is 0 Å². The van der Waals surface area contributed by atoms with Crippen LogP contribution in [0.2, 0.25) is 0 Å². The predicted octanol–water partition coefficient (Wildman–Crippen LogP) is 6.32. The average molecular weight is 280 g/mol. The van der Waals surface area contributed by atoms with Crippen molar-refractivity contribution in [2.24, 2.45) is 0 Å². The average Bonchev–Trinajstić information content (AvgIpc) is 2.69. The topological polar surface area (TPSA) is 0 Å². The highest BCUT2D eigenvalue weighted by Crippen LogP contribution is 2.49. The molecule has 0 heterocycles. The van der Waals surface area contributed by atoms with Crippen LogP contribution in [0.5, 0.6) is 0 Å². The third-order valence-electron chi connectivity index (χ3n) is 4.45. The molecule has 0 spiro atoms. The highest BCUT2D eigenvalue weighted by atomic mass is 14.4. The zero-order valence-electron chi connectivity index (χ0n) is 14.5. The second kappa shape index (κ2) is 5.33. The second-order valence-electron chi connectivity index (χ2n) is 7.18. The van der Waals surface area contributed by atoms with Crippen LogP contribution in [-0.2, 0) is 10.8 Å². The third-order valence-corrected chi connectivity index (χ3v) is 4.45. The minimum atomic E-state index is 0.118. The van der Waals surface area contributed by atoms with E-state index in [4.69, 9.17) is 0 Å².